The molecule has 58 heavy (non-hydrogen) atoms. The van der Waals surface area contributed by atoms with Crippen molar-refractivity contribution in [1.29, 1.82) is 0 Å². The molecule has 0 aliphatic carbocycles. The van der Waals surface area contributed by atoms with E-state index < -0.39 is 19.7 Å². The van der Waals surface area contributed by atoms with Crippen molar-refractivity contribution in [3.63, 3.8) is 0 Å². The summed E-state index contributed by atoms with van der Waals surface area (Å²) in [5, 5.41) is 0. The number of benzene rings is 2. The molecular formula is C40H44N10O4S4. The van der Waals surface area contributed by atoms with Gasteiger partial charge < -0.3 is 9.80 Å². The van der Waals surface area contributed by atoms with Gasteiger partial charge in [-0.3, -0.25) is 0 Å². The average molecular weight is 857 g/mol. The van der Waals surface area contributed by atoms with E-state index in [1.54, 1.807) is 36.4 Å². The van der Waals surface area contributed by atoms with Gasteiger partial charge in [0.25, 0.3) is 0 Å². The van der Waals surface area contributed by atoms with E-state index in [1.165, 1.54) is 36.0 Å². The van der Waals surface area contributed by atoms with Crippen LogP contribution in [0.25, 0.3) is 28.1 Å². The molecule has 1 saturated heterocycles. The molecule has 6 aromatic rings. The summed E-state index contributed by atoms with van der Waals surface area (Å²) in [5.41, 5.74) is 8.70. The lowest BCUT2D eigenvalue weighted by atomic mass is 9.91. The summed E-state index contributed by atoms with van der Waals surface area (Å²) in [4.78, 5) is 22.9. The molecule has 1 fully saturated rings. The van der Waals surface area contributed by atoms with E-state index in [4.69, 9.17) is 0 Å². The van der Waals surface area contributed by atoms with Crippen LogP contribution in [0, 0.1) is 0 Å². The normalized spacial score (nSPS) is 15.1. The van der Waals surface area contributed by atoms with Gasteiger partial charge in [-0.05, 0) is 73.1 Å². The molecule has 0 N–H and O–H groups in total. The van der Waals surface area contributed by atoms with Crippen LogP contribution in [-0.2, 0) is 32.5 Å². The zero-order valence-corrected chi connectivity index (χ0v) is 36.0. The third kappa shape index (κ3) is 9.62. The molecule has 0 atom stereocenters. The monoisotopic (exact) mass is 856 g/mol. The lowest BCUT2D eigenvalue weighted by Crippen LogP contribution is -2.34. The molecule has 2 aliphatic rings. The fourth-order valence-electron chi connectivity index (χ4n) is 6.78. The van der Waals surface area contributed by atoms with E-state index in [9.17, 15) is 16.8 Å². The van der Waals surface area contributed by atoms with Gasteiger partial charge in [-0.15, -0.1) is 0 Å². The van der Waals surface area contributed by atoms with E-state index in [-0.39, 0.29) is 0 Å². The van der Waals surface area contributed by atoms with Crippen molar-refractivity contribution in [1.82, 2.24) is 37.4 Å². The first kappa shape index (κ1) is 41.1. The van der Waals surface area contributed by atoms with Gasteiger partial charge in [0.1, 0.15) is 17.1 Å². The van der Waals surface area contributed by atoms with Gasteiger partial charge in [0.05, 0.1) is 38.9 Å². The van der Waals surface area contributed by atoms with Gasteiger partial charge in [-0.2, -0.15) is 17.5 Å². The van der Waals surface area contributed by atoms with Gasteiger partial charge in [-0.1, -0.05) is 44.2 Å². The van der Waals surface area contributed by atoms with Crippen LogP contribution in [0.2, 0.25) is 0 Å². The number of piperidine rings is 1. The first-order chi connectivity index (χ1) is 27.9. The Bertz CT molecular complexity index is 2570. The Morgan fingerprint density at radius 1 is 0.603 bits per heavy atom. The number of hydrogen-bond donors (Lipinski definition) is 0. The molecule has 18 heteroatoms. The smallest absolute Gasteiger partial charge is 0.225 e. The van der Waals surface area contributed by atoms with Crippen molar-refractivity contribution >= 4 is 60.6 Å². The van der Waals surface area contributed by atoms with E-state index in [0.717, 1.165) is 114 Å². The average Bonchev–Trinajstić information content (AvgIpc) is 3.95. The number of aryl methyl sites for hydroxylation is 2. The van der Waals surface area contributed by atoms with Gasteiger partial charge in [0, 0.05) is 80.5 Å². The van der Waals surface area contributed by atoms with E-state index in [2.05, 4.69) is 67.2 Å². The van der Waals surface area contributed by atoms with Crippen LogP contribution in [0.15, 0.2) is 89.2 Å². The van der Waals surface area contributed by atoms with Crippen LogP contribution in [-0.4, -0.2) is 93.0 Å². The molecule has 8 rings (SSSR count). The molecule has 6 heterocycles. The maximum Gasteiger partial charge on any atom is 0.225 e. The van der Waals surface area contributed by atoms with Crippen LogP contribution in [0.5, 0.6) is 0 Å². The van der Waals surface area contributed by atoms with Gasteiger partial charge in [0.2, 0.25) is 11.9 Å². The SMILES string of the molecule is CCc1cnc(N2CC=C(c3nsnc3-c3ccc(S(C)(=O)=O)cc3)CC2)nc1.CCc1cnc(N2CCC(c3nsnc3-c3ccc(S(C)(=O)=O)cc3)CC2)nc1. The maximum absolute atomic E-state index is 11.7. The van der Waals surface area contributed by atoms with Gasteiger partial charge in [0.15, 0.2) is 19.7 Å². The van der Waals surface area contributed by atoms with E-state index in [1.807, 2.05) is 36.9 Å². The zero-order chi connectivity index (χ0) is 40.9. The highest BCUT2D eigenvalue weighted by molar-refractivity contribution is 7.91. The number of hydrogen-bond acceptors (Lipinski definition) is 16. The highest BCUT2D eigenvalue weighted by Crippen LogP contribution is 2.35. The quantitative estimate of drug-likeness (QED) is 0.144. The van der Waals surface area contributed by atoms with Gasteiger partial charge in [-0.25, -0.2) is 36.8 Å². The van der Waals surface area contributed by atoms with Crippen LogP contribution in [0.3, 0.4) is 0 Å². The molecule has 0 radical (unpaired) electrons. The summed E-state index contributed by atoms with van der Waals surface area (Å²) in [6.45, 7) is 7.45. The predicted octanol–water partition coefficient (Wildman–Crippen LogP) is 6.60. The second-order valence-electron chi connectivity index (χ2n) is 14.2. The lowest BCUT2D eigenvalue weighted by molar-refractivity contribution is 0.494. The summed E-state index contributed by atoms with van der Waals surface area (Å²) >= 11 is 2.38. The molecule has 0 unspecified atom stereocenters. The number of anilines is 2. The molecule has 2 aliphatic heterocycles. The number of nitrogens with zero attached hydrogens (tertiary/aromatic N) is 10. The summed E-state index contributed by atoms with van der Waals surface area (Å²) in [7, 11) is -6.43. The third-order valence-corrected chi connectivity index (χ3v) is 13.6. The number of rotatable bonds is 10. The fourth-order valence-corrected chi connectivity index (χ4v) is 9.28. The van der Waals surface area contributed by atoms with Crippen molar-refractivity contribution in [3.8, 4) is 22.5 Å². The minimum atomic E-state index is -3.22. The number of sulfone groups is 2. The van der Waals surface area contributed by atoms with E-state index in [0.29, 0.717) is 22.3 Å². The van der Waals surface area contributed by atoms with Crippen molar-refractivity contribution < 1.29 is 16.8 Å². The summed E-state index contributed by atoms with van der Waals surface area (Å²) < 4.78 is 64.7. The Hall–Kier alpha value is -5.04. The Labute approximate surface area is 347 Å². The van der Waals surface area contributed by atoms with Gasteiger partial charge >= 0.3 is 0 Å². The third-order valence-electron chi connectivity index (χ3n) is 10.3. The molecule has 0 spiro atoms. The molecule has 0 amide bonds. The largest absolute Gasteiger partial charge is 0.341 e. The molecule has 0 bridgehead atoms. The second kappa shape index (κ2) is 17.8. The van der Waals surface area contributed by atoms with E-state index >= 15 is 0 Å². The molecule has 2 aromatic carbocycles. The first-order valence-electron chi connectivity index (χ1n) is 19.0. The predicted molar refractivity (Wildman–Crippen MR) is 229 cm³/mol. The van der Waals surface area contributed by atoms with Crippen LogP contribution < -0.4 is 9.80 Å². The van der Waals surface area contributed by atoms with Crippen LogP contribution in [0.1, 0.15) is 61.5 Å². The molecular weight excluding hydrogens is 813 g/mol. The molecule has 14 nitrogen and oxygen atoms in total. The highest BCUT2D eigenvalue weighted by Gasteiger charge is 2.27. The summed E-state index contributed by atoms with van der Waals surface area (Å²) in [6, 6.07) is 13.7. The fraction of sp³-hybridized carbons (Fsp3) is 0.350. The Kier molecular flexibility index (Phi) is 12.7. The maximum atomic E-state index is 11.7. The summed E-state index contributed by atoms with van der Waals surface area (Å²) in [6.07, 6.45) is 16.7. The van der Waals surface area contributed by atoms with Crippen LogP contribution >= 0.6 is 23.5 Å². The molecule has 302 valence electrons. The Balaban J connectivity index is 0.000000177. The van der Waals surface area contributed by atoms with Crippen molar-refractivity contribution in [2.75, 3.05) is 48.5 Å². The topological polar surface area (TPSA) is 178 Å². The standard InChI is InChI=1S/C20H23N5O2S2.C20H21N5O2S2/c2*1-3-14-12-21-20(22-13-14)25-10-8-16(9-11-25)19-18(23-28-24-19)15-4-6-17(7-5-15)29(2,26)27/h4-7,12-13,16H,3,8-11H2,1-2H3;4-8,12-13H,3,9-11H2,1-2H3. The first-order valence-corrected chi connectivity index (χ1v) is 24.2. The second-order valence-corrected chi connectivity index (χ2v) is 19.3. The zero-order valence-electron chi connectivity index (χ0n) is 32.7. The van der Waals surface area contributed by atoms with Crippen molar-refractivity contribution in [2.45, 2.75) is 61.7 Å². The Morgan fingerprint density at radius 3 is 1.55 bits per heavy atom. The van der Waals surface area contributed by atoms with Crippen molar-refractivity contribution in [3.05, 3.63) is 102 Å². The minimum absolute atomic E-state index is 0.299. The molecule has 4 aromatic heterocycles. The summed E-state index contributed by atoms with van der Waals surface area (Å²) in [5.74, 6) is 1.85. The van der Waals surface area contributed by atoms with Crippen molar-refractivity contribution in [2.24, 2.45) is 0 Å². The Morgan fingerprint density at radius 2 is 1.07 bits per heavy atom. The lowest BCUT2D eigenvalue weighted by Gasteiger charge is -2.31. The molecule has 0 saturated carbocycles. The minimum Gasteiger partial charge on any atom is -0.341 e. The van der Waals surface area contributed by atoms with Crippen LogP contribution in [0.4, 0.5) is 11.9 Å². The number of aromatic nitrogens is 8. The highest BCUT2D eigenvalue weighted by atomic mass is 32.2.